The Morgan fingerprint density at radius 1 is 0.778 bits per heavy atom. The highest BCUT2D eigenvalue weighted by atomic mass is 32.2. The van der Waals surface area contributed by atoms with Crippen LogP contribution in [0.1, 0.15) is 123 Å². The van der Waals surface area contributed by atoms with E-state index in [9.17, 15) is 13.2 Å². The zero-order valence-corrected chi connectivity index (χ0v) is 18.5. The quantitative estimate of drug-likeness (QED) is 0.210. The molecule has 0 aromatic heterocycles. The Labute approximate surface area is 167 Å². The monoisotopic (exact) mass is 405 g/mol. The van der Waals surface area contributed by atoms with Crippen molar-refractivity contribution in [1.29, 1.82) is 0 Å². The van der Waals surface area contributed by atoms with Crippen molar-refractivity contribution in [2.45, 2.75) is 128 Å². The van der Waals surface area contributed by atoms with Gasteiger partial charge in [-0.2, -0.15) is 8.42 Å². The zero-order chi connectivity index (χ0) is 20.6. The molecule has 0 bridgehead atoms. The second kappa shape index (κ2) is 15.5. The van der Waals surface area contributed by atoms with Crippen LogP contribution < -0.4 is 5.73 Å². The van der Waals surface area contributed by atoms with Crippen LogP contribution >= 0.6 is 0 Å². The van der Waals surface area contributed by atoms with Crippen molar-refractivity contribution in [3.05, 3.63) is 0 Å². The topological polar surface area (TPSA) is 97.5 Å². The molecule has 0 saturated heterocycles. The van der Waals surface area contributed by atoms with Gasteiger partial charge in [-0.1, -0.05) is 96.8 Å². The van der Waals surface area contributed by atoms with E-state index in [1.807, 2.05) is 0 Å². The Morgan fingerprint density at radius 2 is 1.11 bits per heavy atom. The SMILES string of the molecule is CCCCCCCCCCCCCCCCCC(=O)CC(C)(N)S(=O)(=O)O. The largest absolute Gasteiger partial charge is 0.310 e. The molecular weight excluding hydrogens is 362 g/mol. The van der Waals surface area contributed by atoms with Gasteiger partial charge in [0.25, 0.3) is 10.1 Å². The third-order valence-electron chi connectivity index (χ3n) is 5.20. The Balaban J connectivity index is 3.39. The fourth-order valence-corrected chi connectivity index (χ4v) is 3.61. The van der Waals surface area contributed by atoms with Gasteiger partial charge in [0, 0.05) is 12.8 Å². The van der Waals surface area contributed by atoms with Gasteiger partial charge in [0.05, 0.1) is 0 Å². The molecule has 3 N–H and O–H groups in total. The Kier molecular flexibility index (Phi) is 15.2. The smallest absolute Gasteiger partial charge is 0.283 e. The maximum absolute atomic E-state index is 11.8. The predicted octanol–water partition coefficient (Wildman–Crippen LogP) is 5.77. The van der Waals surface area contributed by atoms with E-state index in [0.29, 0.717) is 6.42 Å². The molecule has 0 amide bonds. The van der Waals surface area contributed by atoms with Crippen molar-refractivity contribution in [2.24, 2.45) is 5.73 Å². The molecule has 1 atom stereocenters. The van der Waals surface area contributed by atoms with E-state index in [4.69, 9.17) is 10.3 Å². The van der Waals surface area contributed by atoms with Crippen molar-refractivity contribution in [1.82, 2.24) is 0 Å². The lowest BCUT2D eigenvalue weighted by Crippen LogP contribution is -2.46. The van der Waals surface area contributed by atoms with Crippen molar-refractivity contribution in [2.75, 3.05) is 0 Å². The van der Waals surface area contributed by atoms with Gasteiger partial charge in [-0.3, -0.25) is 9.35 Å². The molecule has 0 aliphatic rings. The van der Waals surface area contributed by atoms with Gasteiger partial charge in [0.15, 0.2) is 0 Å². The molecular formula is C21H43NO4S. The van der Waals surface area contributed by atoms with E-state index in [2.05, 4.69) is 6.92 Å². The first kappa shape index (κ1) is 26.5. The third-order valence-corrected chi connectivity index (χ3v) is 6.52. The molecule has 0 aromatic carbocycles. The minimum atomic E-state index is -4.40. The highest BCUT2D eigenvalue weighted by Crippen LogP contribution is 2.17. The standard InChI is InChI=1S/C21H43NO4S/c1-3-4-5-6-7-8-9-10-11-12-13-14-15-16-17-18-20(23)19-21(2,22)27(24,25)26/h3-19,22H2,1-2H3,(H,24,25,26). The van der Waals surface area contributed by atoms with Crippen LogP contribution in [0.5, 0.6) is 0 Å². The highest BCUT2D eigenvalue weighted by Gasteiger charge is 2.35. The molecule has 0 saturated carbocycles. The van der Waals surface area contributed by atoms with Crippen LogP contribution in [0, 0.1) is 0 Å². The lowest BCUT2D eigenvalue weighted by molar-refractivity contribution is -0.119. The summed E-state index contributed by atoms with van der Waals surface area (Å²) in [6.07, 6.45) is 19.0. The molecule has 0 aliphatic heterocycles. The Morgan fingerprint density at radius 3 is 1.44 bits per heavy atom. The van der Waals surface area contributed by atoms with Crippen molar-refractivity contribution < 1.29 is 17.8 Å². The normalized spacial score (nSPS) is 14.2. The van der Waals surface area contributed by atoms with E-state index in [1.54, 1.807) is 0 Å². The molecule has 0 radical (unpaired) electrons. The summed E-state index contributed by atoms with van der Waals surface area (Å²) in [4.78, 5) is 9.91. The lowest BCUT2D eigenvalue weighted by Gasteiger charge is -2.19. The number of rotatable bonds is 19. The number of nitrogens with two attached hydrogens (primary N) is 1. The summed E-state index contributed by atoms with van der Waals surface area (Å²) in [5, 5.41) is 0. The first-order valence-corrected chi connectivity index (χ1v) is 12.4. The maximum Gasteiger partial charge on any atom is 0.283 e. The summed E-state index contributed by atoms with van der Waals surface area (Å²) in [5.74, 6) is -0.202. The second-order valence-corrected chi connectivity index (χ2v) is 10.1. The maximum atomic E-state index is 11.8. The van der Waals surface area contributed by atoms with E-state index in [0.717, 1.165) is 19.3 Å². The second-order valence-electron chi connectivity index (χ2n) is 8.20. The average Bonchev–Trinajstić information content (AvgIpc) is 2.57. The van der Waals surface area contributed by atoms with Crippen LogP contribution in [0.2, 0.25) is 0 Å². The Hall–Kier alpha value is -0.460. The fourth-order valence-electron chi connectivity index (χ4n) is 3.26. The first-order chi connectivity index (χ1) is 12.7. The van der Waals surface area contributed by atoms with Crippen LogP contribution in [-0.4, -0.2) is 23.6 Å². The zero-order valence-electron chi connectivity index (χ0n) is 17.7. The van der Waals surface area contributed by atoms with Crippen LogP contribution in [0.3, 0.4) is 0 Å². The molecule has 27 heavy (non-hydrogen) atoms. The molecule has 5 nitrogen and oxygen atoms in total. The van der Waals surface area contributed by atoms with Gasteiger partial charge in [0.2, 0.25) is 0 Å². The highest BCUT2D eigenvalue weighted by molar-refractivity contribution is 7.87. The van der Waals surface area contributed by atoms with E-state index >= 15 is 0 Å². The molecule has 6 heteroatoms. The minimum Gasteiger partial charge on any atom is -0.310 e. The summed E-state index contributed by atoms with van der Waals surface area (Å²) in [6.45, 7) is 3.43. The van der Waals surface area contributed by atoms with E-state index in [1.165, 1.54) is 84.0 Å². The molecule has 0 rings (SSSR count). The van der Waals surface area contributed by atoms with Crippen LogP contribution in [-0.2, 0) is 14.9 Å². The number of ketones is 1. The predicted molar refractivity (Wildman–Crippen MR) is 113 cm³/mol. The molecule has 0 aliphatic carbocycles. The third kappa shape index (κ3) is 15.2. The van der Waals surface area contributed by atoms with Crippen molar-refractivity contribution >= 4 is 15.9 Å². The van der Waals surface area contributed by atoms with Gasteiger partial charge in [-0.25, -0.2) is 0 Å². The van der Waals surface area contributed by atoms with Crippen LogP contribution in [0.15, 0.2) is 0 Å². The fraction of sp³-hybridized carbons (Fsp3) is 0.952. The summed E-state index contributed by atoms with van der Waals surface area (Å²) >= 11 is 0. The van der Waals surface area contributed by atoms with Crippen molar-refractivity contribution in [3.8, 4) is 0 Å². The van der Waals surface area contributed by atoms with Crippen molar-refractivity contribution in [3.63, 3.8) is 0 Å². The molecule has 0 fully saturated rings. The lowest BCUT2D eigenvalue weighted by atomic mass is 10.0. The number of carbonyl (C=O) groups is 1. The van der Waals surface area contributed by atoms with Crippen LogP contribution in [0.25, 0.3) is 0 Å². The molecule has 0 aromatic rings. The average molecular weight is 406 g/mol. The molecule has 0 heterocycles. The molecule has 0 spiro atoms. The van der Waals surface area contributed by atoms with Crippen LogP contribution in [0.4, 0.5) is 0 Å². The summed E-state index contributed by atoms with van der Waals surface area (Å²) in [5.41, 5.74) is 5.49. The number of hydrogen-bond donors (Lipinski definition) is 2. The minimum absolute atomic E-state index is 0.202. The Bertz CT molecular complexity index is 475. The number of carbonyl (C=O) groups excluding carboxylic acids is 1. The van der Waals surface area contributed by atoms with Gasteiger partial charge in [-0.05, 0) is 13.3 Å². The van der Waals surface area contributed by atoms with Gasteiger partial charge >= 0.3 is 0 Å². The molecule has 1 unspecified atom stereocenters. The number of unbranched alkanes of at least 4 members (excludes halogenated alkanes) is 14. The van der Waals surface area contributed by atoms with E-state index in [-0.39, 0.29) is 12.2 Å². The summed E-state index contributed by atoms with van der Waals surface area (Å²) in [7, 11) is -4.40. The summed E-state index contributed by atoms with van der Waals surface area (Å²) in [6, 6.07) is 0. The first-order valence-electron chi connectivity index (χ1n) is 11.0. The number of Topliss-reactive ketones (excluding diaryl/α,β-unsaturated/α-hetero) is 1. The molecule has 162 valence electrons. The number of hydrogen-bond acceptors (Lipinski definition) is 4. The van der Waals surface area contributed by atoms with Gasteiger partial charge in [0.1, 0.15) is 10.7 Å². The summed E-state index contributed by atoms with van der Waals surface area (Å²) < 4.78 is 31.2. The van der Waals surface area contributed by atoms with E-state index < -0.39 is 15.0 Å². The van der Waals surface area contributed by atoms with Gasteiger partial charge < -0.3 is 5.73 Å². The van der Waals surface area contributed by atoms with Gasteiger partial charge in [-0.15, -0.1) is 0 Å².